The van der Waals surface area contributed by atoms with E-state index >= 15 is 0 Å². The Morgan fingerprint density at radius 2 is 1.89 bits per heavy atom. The minimum absolute atomic E-state index is 0.0335. The molecule has 1 aliphatic rings. The second-order valence-electron chi connectivity index (χ2n) is 5.91. The molecule has 0 aromatic heterocycles. The maximum atomic E-state index is 14.2. The van der Waals surface area contributed by atoms with Crippen LogP contribution in [0, 0.1) is 12.7 Å². The number of aryl methyl sites for hydroxylation is 1. The average Bonchev–Trinajstić information content (AvgIpc) is 2.79. The van der Waals surface area contributed by atoms with Crippen molar-refractivity contribution in [3.8, 4) is 0 Å². The second kappa shape index (κ2) is 7.82. The summed E-state index contributed by atoms with van der Waals surface area (Å²) in [5, 5.41) is -0.197. The van der Waals surface area contributed by atoms with Crippen LogP contribution in [0.4, 0.5) is 32.0 Å². The maximum absolute atomic E-state index is 14.2. The molecule has 0 spiro atoms. The highest BCUT2D eigenvalue weighted by Gasteiger charge is 2.36. The Bertz CT molecular complexity index is 805. The molecule has 0 saturated carbocycles. The SMILES string of the molecule is Cc1cc(F)c(N=C2SCC(=O)N2CC(C)(F)F)cc1[S@](=O)CC(F)(F)F. The predicted octanol–water partition coefficient (Wildman–Crippen LogP) is 4.02. The molecule has 0 unspecified atom stereocenters. The van der Waals surface area contributed by atoms with Gasteiger partial charge in [-0.1, -0.05) is 11.8 Å². The first kappa shape index (κ1) is 21.7. The van der Waals surface area contributed by atoms with Crippen molar-refractivity contribution < 1.29 is 35.3 Å². The number of carbonyl (C=O) groups excluding carboxylic acids is 1. The number of amidine groups is 1. The van der Waals surface area contributed by atoms with Gasteiger partial charge in [0.05, 0.1) is 23.1 Å². The summed E-state index contributed by atoms with van der Waals surface area (Å²) < 4.78 is 90.0. The van der Waals surface area contributed by atoms with Gasteiger partial charge < -0.3 is 0 Å². The van der Waals surface area contributed by atoms with Crippen LogP contribution in [0.5, 0.6) is 0 Å². The van der Waals surface area contributed by atoms with Gasteiger partial charge in [-0.05, 0) is 24.6 Å². The van der Waals surface area contributed by atoms with Crippen molar-refractivity contribution in [3.63, 3.8) is 0 Å². The van der Waals surface area contributed by atoms with E-state index in [-0.39, 0.29) is 21.4 Å². The van der Waals surface area contributed by atoms with Gasteiger partial charge in [-0.25, -0.2) is 18.2 Å². The van der Waals surface area contributed by atoms with E-state index in [1.54, 1.807) is 0 Å². The van der Waals surface area contributed by atoms with Gasteiger partial charge in [-0.2, -0.15) is 13.2 Å². The minimum Gasteiger partial charge on any atom is -0.284 e. The van der Waals surface area contributed by atoms with Gasteiger partial charge in [-0.3, -0.25) is 13.9 Å². The zero-order valence-electron chi connectivity index (χ0n) is 14.1. The monoisotopic (exact) mass is 432 g/mol. The van der Waals surface area contributed by atoms with Crippen LogP contribution < -0.4 is 0 Å². The van der Waals surface area contributed by atoms with Gasteiger partial charge in [-0.15, -0.1) is 0 Å². The molecule has 1 amide bonds. The number of alkyl halides is 5. The van der Waals surface area contributed by atoms with Crippen LogP contribution in [0.3, 0.4) is 0 Å². The predicted molar refractivity (Wildman–Crippen MR) is 90.4 cm³/mol. The van der Waals surface area contributed by atoms with Crippen LogP contribution in [0.2, 0.25) is 0 Å². The number of halogens is 6. The van der Waals surface area contributed by atoms with Crippen LogP contribution in [-0.2, 0) is 15.6 Å². The first-order chi connectivity index (χ1) is 12.3. The smallest absolute Gasteiger partial charge is 0.284 e. The molecule has 1 heterocycles. The third-order valence-corrected chi connectivity index (χ3v) is 5.77. The average molecular weight is 432 g/mol. The molecule has 0 aliphatic carbocycles. The molecule has 27 heavy (non-hydrogen) atoms. The van der Waals surface area contributed by atoms with E-state index in [4.69, 9.17) is 0 Å². The Morgan fingerprint density at radius 1 is 1.26 bits per heavy atom. The number of thioether (sulfide) groups is 1. The van der Waals surface area contributed by atoms with E-state index in [1.165, 1.54) is 6.92 Å². The van der Waals surface area contributed by atoms with Crippen molar-refractivity contribution >= 4 is 39.3 Å². The van der Waals surface area contributed by atoms with E-state index in [9.17, 15) is 35.3 Å². The number of carbonyl (C=O) groups is 1. The highest BCUT2D eigenvalue weighted by molar-refractivity contribution is 8.15. The highest BCUT2D eigenvalue weighted by atomic mass is 32.2. The van der Waals surface area contributed by atoms with E-state index < -0.39 is 52.6 Å². The van der Waals surface area contributed by atoms with Crippen molar-refractivity contribution in [2.75, 3.05) is 18.1 Å². The largest absolute Gasteiger partial charge is 0.400 e. The lowest BCUT2D eigenvalue weighted by atomic mass is 10.2. The lowest BCUT2D eigenvalue weighted by molar-refractivity contribution is -0.127. The highest BCUT2D eigenvalue weighted by Crippen LogP contribution is 2.31. The molecule has 1 aromatic carbocycles. The topological polar surface area (TPSA) is 49.7 Å². The number of rotatable bonds is 5. The molecule has 1 fully saturated rings. The lowest BCUT2D eigenvalue weighted by Crippen LogP contribution is -2.38. The molecule has 12 heteroatoms. The standard InChI is InChI=1S/C15H14F6N2O2S2/c1-8-3-9(16)10(4-11(8)27(25)7-15(19,20)21)22-13-23(6-14(2,17)18)12(24)5-26-13/h3-4H,5-7H2,1-2H3/t27-/m1/s1. The third-order valence-electron chi connectivity index (χ3n) is 3.29. The molecule has 1 atom stereocenters. The van der Waals surface area contributed by atoms with Gasteiger partial charge in [0, 0.05) is 11.8 Å². The van der Waals surface area contributed by atoms with Gasteiger partial charge in [0.2, 0.25) is 5.91 Å². The summed E-state index contributed by atoms with van der Waals surface area (Å²) in [6, 6.07) is 1.74. The van der Waals surface area contributed by atoms with E-state index in [0.717, 1.165) is 23.9 Å². The summed E-state index contributed by atoms with van der Waals surface area (Å²) in [6.07, 6.45) is -4.69. The summed E-state index contributed by atoms with van der Waals surface area (Å²) in [7, 11) is -2.49. The summed E-state index contributed by atoms with van der Waals surface area (Å²) in [5.74, 6) is -6.58. The summed E-state index contributed by atoms with van der Waals surface area (Å²) >= 11 is 0.802. The number of benzene rings is 1. The fourth-order valence-electron chi connectivity index (χ4n) is 2.22. The second-order valence-corrected chi connectivity index (χ2v) is 8.27. The minimum atomic E-state index is -4.69. The fourth-order valence-corrected chi connectivity index (χ4v) is 4.22. The Kier molecular flexibility index (Phi) is 6.30. The zero-order valence-corrected chi connectivity index (χ0v) is 15.7. The Balaban J connectivity index is 2.40. The molecule has 0 bridgehead atoms. The molecule has 0 radical (unpaired) electrons. The number of hydrogen-bond acceptors (Lipinski definition) is 4. The normalized spacial score (nSPS) is 18.4. The van der Waals surface area contributed by atoms with Gasteiger partial charge >= 0.3 is 6.18 Å². The molecule has 1 aliphatic heterocycles. The summed E-state index contributed by atoms with van der Waals surface area (Å²) in [6.45, 7) is 0.936. The van der Waals surface area contributed by atoms with Crippen molar-refractivity contribution in [2.45, 2.75) is 30.8 Å². The molecular weight excluding hydrogens is 418 g/mol. The van der Waals surface area contributed by atoms with Gasteiger partial charge in [0.25, 0.3) is 5.92 Å². The van der Waals surface area contributed by atoms with Crippen LogP contribution >= 0.6 is 11.8 Å². The molecule has 0 N–H and O–H groups in total. The van der Waals surface area contributed by atoms with Crippen molar-refractivity contribution in [3.05, 3.63) is 23.5 Å². The molecule has 2 rings (SSSR count). The van der Waals surface area contributed by atoms with Crippen molar-refractivity contribution in [1.29, 1.82) is 0 Å². The quantitative estimate of drug-likeness (QED) is 0.661. The van der Waals surface area contributed by atoms with Crippen LogP contribution in [-0.4, -0.2) is 50.3 Å². The molecule has 150 valence electrons. The zero-order chi connectivity index (χ0) is 20.6. The van der Waals surface area contributed by atoms with Crippen LogP contribution in [0.25, 0.3) is 0 Å². The van der Waals surface area contributed by atoms with Gasteiger partial charge in [0.1, 0.15) is 17.3 Å². The number of aliphatic imine (C=N–C) groups is 1. The Hall–Kier alpha value is -1.56. The van der Waals surface area contributed by atoms with E-state index in [1.807, 2.05) is 0 Å². The summed E-state index contributed by atoms with van der Waals surface area (Å²) in [4.78, 5) is 16.0. The number of amides is 1. The molecule has 1 saturated heterocycles. The van der Waals surface area contributed by atoms with Crippen molar-refractivity contribution in [2.24, 2.45) is 4.99 Å². The number of nitrogens with zero attached hydrogens (tertiary/aromatic N) is 2. The van der Waals surface area contributed by atoms with E-state index in [0.29, 0.717) is 11.8 Å². The summed E-state index contributed by atoms with van der Waals surface area (Å²) in [5.41, 5.74) is -0.445. The lowest BCUT2D eigenvalue weighted by Gasteiger charge is -2.20. The van der Waals surface area contributed by atoms with Gasteiger partial charge in [0.15, 0.2) is 5.17 Å². The molecule has 4 nitrogen and oxygen atoms in total. The maximum Gasteiger partial charge on any atom is 0.400 e. The molecule has 1 aromatic rings. The fraction of sp³-hybridized carbons (Fsp3) is 0.467. The number of hydrogen-bond donors (Lipinski definition) is 0. The van der Waals surface area contributed by atoms with Crippen LogP contribution in [0.15, 0.2) is 22.0 Å². The molecular formula is C15H14F6N2O2S2. The Labute approximate surface area is 157 Å². The third kappa shape index (κ3) is 5.96. The Morgan fingerprint density at radius 3 is 2.44 bits per heavy atom. The first-order valence-electron chi connectivity index (χ1n) is 7.42. The van der Waals surface area contributed by atoms with Crippen molar-refractivity contribution in [1.82, 2.24) is 4.90 Å². The van der Waals surface area contributed by atoms with E-state index in [2.05, 4.69) is 4.99 Å². The van der Waals surface area contributed by atoms with Crippen LogP contribution in [0.1, 0.15) is 12.5 Å². The first-order valence-corrected chi connectivity index (χ1v) is 9.72.